The fraction of sp³-hybridized carbons (Fsp3) is 0.500. The summed E-state index contributed by atoms with van der Waals surface area (Å²) in [4.78, 5) is 12.2. The average Bonchev–Trinajstić information content (AvgIpc) is 2.32. The van der Waals surface area contributed by atoms with Gasteiger partial charge in [0.2, 0.25) is 0 Å². The first kappa shape index (κ1) is 13.6. The molecule has 1 N–H and O–H groups in total. The minimum Gasteiger partial charge on any atom is -0.378 e. The standard InChI is InChI=1S/C14H18BrNO2/c1-9-4-3-5-12(13(9)15)14(17)16-11-6-7-18-10(2)8-11/h3-5,10-11H,6-8H2,1-2H3,(H,16,17). The van der Waals surface area contributed by atoms with Crippen LogP contribution in [0.1, 0.15) is 35.7 Å². The fourth-order valence-corrected chi connectivity index (χ4v) is 2.66. The van der Waals surface area contributed by atoms with Crippen LogP contribution in [0.3, 0.4) is 0 Å². The Kier molecular flexibility index (Phi) is 4.40. The van der Waals surface area contributed by atoms with E-state index in [-0.39, 0.29) is 18.1 Å². The van der Waals surface area contributed by atoms with Crippen molar-refractivity contribution in [3.63, 3.8) is 0 Å². The lowest BCUT2D eigenvalue weighted by atomic mass is 10.0. The molecule has 0 aromatic heterocycles. The second-order valence-electron chi connectivity index (χ2n) is 4.81. The van der Waals surface area contributed by atoms with Crippen LogP contribution >= 0.6 is 15.9 Å². The van der Waals surface area contributed by atoms with Crippen molar-refractivity contribution in [1.82, 2.24) is 5.32 Å². The summed E-state index contributed by atoms with van der Waals surface area (Å²) in [5.41, 5.74) is 1.78. The molecule has 1 aromatic rings. The predicted octanol–water partition coefficient (Wildman–Crippen LogP) is 3.05. The number of nitrogens with one attached hydrogen (secondary N) is 1. The number of halogens is 1. The lowest BCUT2D eigenvalue weighted by molar-refractivity contribution is 0.0136. The second-order valence-corrected chi connectivity index (χ2v) is 5.61. The topological polar surface area (TPSA) is 38.3 Å². The van der Waals surface area contributed by atoms with Gasteiger partial charge in [-0.3, -0.25) is 4.79 Å². The molecule has 18 heavy (non-hydrogen) atoms. The van der Waals surface area contributed by atoms with Gasteiger partial charge in [-0.25, -0.2) is 0 Å². The largest absolute Gasteiger partial charge is 0.378 e. The van der Waals surface area contributed by atoms with Crippen LogP contribution in [-0.4, -0.2) is 24.7 Å². The molecule has 3 nitrogen and oxygen atoms in total. The normalized spacial score (nSPS) is 23.7. The van der Waals surface area contributed by atoms with Crippen molar-refractivity contribution in [2.75, 3.05) is 6.61 Å². The van der Waals surface area contributed by atoms with Gasteiger partial charge in [0.05, 0.1) is 11.7 Å². The van der Waals surface area contributed by atoms with Crippen LogP contribution in [0.25, 0.3) is 0 Å². The molecule has 2 rings (SSSR count). The summed E-state index contributed by atoms with van der Waals surface area (Å²) >= 11 is 3.47. The van der Waals surface area contributed by atoms with E-state index in [4.69, 9.17) is 4.74 Å². The molecule has 0 bridgehead atoms. The summed E-state index contributed by atoms with van der Waals surface area (Å²) in [7, 11) is 0. The van der Waals surface area contributed by atoms with E-state index in [1.165, 1.54) is 0 Å². The van der Waals surface area contributed by atoms with E-state index in [2.05, 4.69) is 21.2 Å². The third kappa shape index (κ3) is 3.12. The minimum atomic E-state index is -0.00956. The SMILES string of the molecule is Cc1cccc(C(=O)NC2CCOC(C)C2)c1Br. The summed E-state index contributed by atoms with van der Waals surface area (Å²) in [5.74, 6) is -0.00956. The number of hydrogen-bond donors (Lipinski definition) is 1. The quantitative estimate of drug-likeness (QED) is 0.911. The Balaban J connectivity index is 2.05. The van der Waals surface area contributed by atoms with E-state index in [1.54, 1.807) is 0 Å². The van der Waals surface area contributed by atoms with Crippen LogP contribution in [0.5, 0.6) is 0 Å². The lowest BCUT2D eigenvalue weighted by Gasteiger charge is -2.28. The molecule has 2 unspecified atom stereocenters. The number of hydrogen-bond acceptors (Lipinski definition) is 2. The number of carbonyl (C=O) groups is 1. The van der Waals surface area contributed by atoms with Crippen molar-refractivity contribution >= 4 is 21.8 Å². The summed E-state index contributed by atoms with van der Waals surface area (Å²) in [5, 5.41) is 3.08. The highest BCUT2D eigenvalue weighted by Gasteiger charge is 2.22. The maximum Gasteiger partial charge on any atom is 0.252 e. The Bertz CT molecular complexity index is 447. The van der Waals surface area contributed by atoms with Crippen LogP contribution in [0.2, 0.25) is 0 Å². The Morgan fingerprint density at radius 3 is 3.00 bits per heavy atom. The zero-order chi connectivity index (χ0) is 13.1. The number of ether oxygens (including phenoxy) is 1. The van der Waals surface area contributed by atoms with Crippen molar-refractivity contribution in [1.29, 1.82) is 0 Å². The molecule has 0 saturated carbocycles. The molecule has 98 valence electrons. The number of benzene rings is 1. The molecule has 1 fully saturated rings. The molecule has 2 atom stereocenters. The van der Waals surface area contributed by atoms with Crippen LogP contribution < -0.4 is 5.32 Å². The van der Waals surface area contributed by atoms with Crippen LogP contribution in [-0.2, 0) is 4.74 Å². The molecule has 0 radical (unpaired) electrons. The van der Waals surface area contributed by atoms with E-state index >= 15 is 0 Å². The van der Waals surface area contributed by atoms with Gasteiger partial charge in [-0.15, -0.1) is 0 Å². The predicted molar refractivity (Wildman–Crippen MR) is 74.8 cm³/mol. The van der Waals surface area contributed by atoms with Crippen molar-refractivity contribution in [3.05, 3.63) is 33.8 Å². The van der Waals surface area contributed by atoms with E-state index in [1.807, 2.05) is 32.0 Å². The second kappa shape index (κ2) is 5.85. The average molecular weight is 312 g/mol. The molecule has 4 heteroatoms. The summed E-state index contributed by atoms with van der Waals surface area (Å²) in [6.07, 6.45) is 2.00. The van der Waals surface area contributed by atoms with Gasteiger partial charge in [0, 0.05) is 17.1 Å². The minimum absolute atomic E-state index is 0.00956. The zero-order valence-electron chi connectivity index (χ0n) is 10.7. The van der Waals surface area contributed by atoms with E-state index in [9.17, 15) is 4.79 Å². The number of rotatable bonds is 2. The highest BCUT2D eigenvalue weighted by Crippen LogP contribution is 2.22. The first-order valence-corrected chi connectivity index (χ1v) is 7.05. The molecule has 1 aliphatic rings. The molecule has 1 aromatic carbocycles. The van der Waals surface area contributed by atoms with E-state index in [0.29, 0.717) is 5.56 Å². The van der Waals surface area contributed by atoms with Gasteiger partial charge < -0.3 is 10.1 Å². The first-order chi connectivity index (χ1) is 8.58. The maximum absolute atomic E-state index is 12.2. The molecule has 1 amide bonds. The number of carbonyl (C=O) groups excluding carboxylic acids is 1. The molecular formula is C14H18BrNO2. The Labute approximate surface area is 116 Å². The molecule has 1 heterocycles. The summed E-state index contributed by atoms with van der Waals surface area (Å²) in [6.45, 7) is 4.75. The van der Waals surface area contributed by atoms with Gasteiger partial charge in [0.25, 0.3) is 5.91 Å². The fourth-order valence-electron chi connectivity index (χ4n) is 2.22. The summed E-state index contributed by atoms with van der Waals surface area (Å²) < 4.78 is 6.36. The van der Waals surface area contributed by atoms with E-state index in [0.717, 1.165) is 29.5 Å². The zero-order valence-corrected chi connectivity index (χ0v) is 12.3. The van der Waals surface area contributed by atoms with Gasteiger partial charge >= 0.3 is 0 Å². The molecule has 0 spiro atoms. The third-order valence-corrected chi connectivity index (χ3v) is 4.31. The highest BCUT2D eigenvalue weighted by atomic mass is 79.9. The van der Waals surface area contributed by atoms with E-state index < -0.39 is 0 Å². The number of amides is 1. The molecule has 0 aliphatic carbocycles. The Hall–Kier alpha value is -0.870. The van der Waals surface area contributed by atoms with Crippen LogP contribution in [0, 0.1) is 6.92 Å². The van der Waals surface area contributed by atoms with Gasteiger partial charge in [-0.1, -0.05) is 12.1 Å². The first-order valence-electron chi connectivity index (χ1n) is 6.25. The van der Waals surface area contributed by atoms with Crippen molar-refractivity contribution in [2.24, 2.45) is 0 Å². The maximum atomic E-state index is 12.2. The van der Waals surface area contributed by atoms with Crippen molar-refractivity contribution in [2.45, 2.75) is 38.8 Å². The summed E-state index contributed by atoms with van der Waals surface area (Å²) in [6, 6.07) is 5.95. The van der Waals surface area contributed by atoms with Crippen molar-refractivity contribution in [3.8, 4) is 0 Å². The highest BCUT2D eigenvalue weighted by molar-refractivity contribution is 9.10. The Morgan fingerprint density at radius 2 is 2.28 bits per heavy atom. The molecule has 1 saturated heterocycles. The van der Waals surface area contributed by atoms with Crippen LogP contribution in [0.15, 0.2) is 22.7 Å². The van der Waals surface area contributed by atoms with Gasteiger partial charge in [-0.2, -0.15) is 0 Å². The smallest absolute Gasteiger partial charge is 0.252 e. The number of aryl methyl sites for hydroxylation is 1. The van der Waals surface area contributed by atoms with Gasteiger partial charge in [-0.05, 0) is 54.2 Å². The molecular weight excluding hydrogens is 294 g/mol. The van der Waals surface area contributed by atoms with Gasteiger partial charge in [0.15, 0.2) is 0 Å². The molecule has 1 aliphatic heterocycles. The van der Waals surface area contributed by atoms with Crippen molar-refractivity contribution < 1.29 is 9.53 Å². The van der Waals surface area contributed by atoms with Crippen LogP contribution in [0.4, 0.5) is 0 Å². The van der Waals surface area contributed by atoms with Gasteiger partial charge in [0.1, 0.15) is 0 Å². The lowest BCUT2D eigenvalue weighted by Crippen LogP contribution is -2.41. The third-order valence-electron chi connectivity index (χ3n) is 3.26. The monoisotopic (exact) mass is 311 g/mol. The Morgan fingerprint density at radius 1 is 1.50 bits per heavy atom.